The maximum Gasteiger partial charge on any atom is 0.0543 e. The van der Waals surface area contributed by atoms with E-state index in [-0.39, 0.29) is 6.10 Å². The van der Waals surface area contributed by atoms with Crippen LogP contribution in [0.3, 0.4) is 0 Å². The highest BCUT2D eigenvalue weighted by atomic mass is 16.3. The Morgan fingerprint density at radius 2 is 1.25 bits per heavy atom. The smallest absolute Gasteiger partial charge is 0.0543 e. The van der Waals surface area contributed by atoms with Crippen LogP contribution in [0.25, 0.3) is 0 Å². The summed E-state index contributed by atoms with van der Waals surface area (Å²) in [5.74, 6) is 0.423. The molecule has 20 heavy (non-hydrogen) atoms. The van der Waals surface area contributed by atoms with Crippen LogP contribution in [0, 0.1) is 12.3 Å². The van der Waals surface area contributed by atoms with Crippen molar-refractivity contribution < 1.29 is 5.11 Å². The van der Waals surface area contributed by atoms with E-state index in [1.165, 1.54) is 83.5 Å². The van der Waals surface area contributed by atoms with E-state index in [0.717, 1.165) is 0 Å². The normalized spacial score (nSPS) is 14.4. The van der Waals surface area contributed by atoms with Gasteiger partial charge in [0.1, 0.15) is 0 Å². The van der Waals surface area contributed by atoms with Crippen molar-refractivity contribution >= 4 is 0 Å². The molecule has 121 valence electrons. The Morgan fingerprint density at radius 1 is 0.750 bits per heavy atom. The van der Waals surface area contributed by atoms with Crippen LogP contribution in [0.4, 0.5) is 0 Å². The molecule has 0 saturated carbocycles. The Labute approximate surface area is 128 Å². The molecule has 0 heterocycles. The molecule has 0 amide bonds. The van der Waals surface area contributed by atoms with Crippen molar-refractivity contribution in [1.82, 2.24) is 0 Å². The SMILES string of the molecule is CCCCCCCCC[CH]C(CCCCCC)[C@H](C)O. The van der Waals surface area contributed by atoms with Crippen LogP contribution < -0.4 is 0 Å². The zero-order chi connectivity index (χ0) is 15.1. The number of hydrogen-bond donors (Lipinski definition) is 1. The van der Waals surface area contributed by atoms with E-state index in [2.05, 4.69) is 20.3 Å². The number of aliphatic hydroxyl groups is 1. The maximum absolute atomic E-state index is 9.84. The van der Waals surface area contributed by atoms with Crippen molar-refractivity contribution in [2.45, 2.75) is 110 Å². The Kier molecular flexibility index (Phi) is 15.3. The fourth-order valence-corrected chi connectivity index (χ4v) is 2.80. The molecule has 0 aromatic rings. The van der Waals surface area contributed by atoms with Gasteiger partial charge in [0, 0.05) is 0 Å². The van der Waals surface area contributed by atoms with Crippen molar-refractivity contribution in [3.8, 4) is 0 Å². The van der Waals surface area contributed by atoms with Gasteiger partial charge in [0.05, 0.1) is 6.10 Å². The van der Waals surface area contributed by atoms with Gasteiger partial charge in [-0.1, -0.05) is 84.5 Å². The molecular weight excluding hydrogens is 244 g/mol. The van der Waals surface area contributed by atoms with Gasteiger partial charge in [0.2, 0.25) is 0 Å². The second-order valence-electron chi connectivity index (χ2n) is 6.40. The van der Waals surface area contributed by atoms with Gasteiger partial charge in [-0.15, -0.1) is 0 Å². The Hall–Kier alpha value is -0.0400. The summed E-state index contributed by atoms with van der Waals surface area (Å²) < 4.78 is 0. The molecule has 1 heteroatoms. The molecule has 0 aromatic heterocycles. The van der Waals surface area contributed by atoms with E-state index in [0.29, 0.717) is 5.92 Å². The van der Waals surface area contributed by atoms with Gasteiger partial charge >= 0.3 is 0 Å². The largest absolute Gasteiger partial charge is 0.393 e. The van der Waals surface area contributed by atoms with Gasteiger partial charge in [-0.25, -0.2) is 0 Å². The Bertz CT molecular complexity index is 177. The number of unbranched alkanes of at least 4 members (excludes halogenated alkanes) is 10. The molecular formula is C19H39O. The fourth-order valence-electron chi connectivity index (χ4n) is 2.80. The van der Waals surface area contributed by atoms with Crippen LogP contribution in [0.2, 0.25) is 0 Å². The van der Waals surface area contributed by atoms with Crippen LogP contribution in [-0.2, 0) is 0 Å². The van der Waals surface area contributed by atoms with Gasteiger partial charge in [-0.05, 0) is 32.1 Å². The van der Waals surface area contributed by atoms with Crippen LogP contribution in [0.1, 0.15) is 104 Å². The number of rotatable bonds is 15. The van der Waals surface area contributed by atoms with Gasteiger partial charge in [-0.3, -0.25) is 0 Å². The van der Waals surface area contributed by atoms with E-state index in [1.54, 1.807) is 0 Å². The lowest BCUT2D eigenvalue weighted by Crippen LogP contribution is -2.17. The lowest BCUT2D eigenvalue weighted by atomic mass is 9.90. The summed E-state index contributed by atoms with van der Waals surface area (Å²) >= 11 is 0. The predicted molar refractivity (Wildman–Crippen MR) is 90.8 cm³/mol. The highest BCUT2D eigenvalue weighted by Gasteiger charge is 2.14. The molecule has 1 N–H and O–H groups in total. The predicted octanol–water partition coefficient (Wildman–Crippen LogP) is 6.30. The molecule has 1 unspecified atom stereocenters. The zero-order valence-electron chi connectivity index (χ0n) is 14.4. The third-order valence-electron chi connectivity index (χ3n) is 4.29. The first-order valence-corrected chi connectivity index (χ1v) is 9.23. The van der Waals surface area contributed by atoms with Crippen molar-refractivity contribution in [3.05, 3.63) is 6.42 Å². The van der Waals surface area contributed by atoms with E-state index in [4.69, 9.17) is 0 Å². The molecule has 0 rings (SSSR count). The second-order valence-corrected chi connectivity index (χ2v) is 6.40. The molecule has 0 fully saturated rings. The molecule has 0 bridgehead atoms. The molecule has 0 aromatic carbocycles. The van der Waals surface area contributed by atoms with E-state index < -0.39 is 0 Å². The first-order valence-electron chi connectivity index (χ1n) is 9.23. The average Bonchev–Trinajstić information content (AvgIpc) is 2.43. The van der Waals surface area contributed by atoms with Crippen molar-refractivity contribution in [1.29, 1.82) is 0 Å². The third kappa shape index (κ3) is 13.0. The van der Waals surface area contributed by atoms with Crippen molar-refractivity contribution in [2.75, 3.05) is 0 Å². The average molecular weight is 284 g/mol. The minimum absolute atomic E-state index is 0.166. The minimum Gasteiger partial charge on any atom is -0.393 e. The quantitative estimate of drug-likeness (QED) is 0.350. The number of aliphatic hydroxyl groups excluding tert-OH is 1. The fraction of sp³-hybridized carbons (Fsp3) is 0.947. The molecule has 0 saturated heterocycles. The summed E-state index contributed by atoms with van der Waals surface area (Å²) in [7, 11) is 0. The van der Waals surface area contributed by atoms with Crippen molar-refractivity contribution in [3.63, 3.8) is 0 Å². The summed E-state index contributed by atoms with van der Waals surface area (Å²) in [6, 6.07) is 0. The second kappa shape index (κ2) is 15.4. The molecule has 1 nitrogen and oxygen atoms in total. The first-order chi connectivity index (χ1) is 9.72. The summed E-state index contributed by atoms with van der Waals surface area (Å²) in [5, 5.41) is 9.84. The van der Waals surface area contributed by atoms with Crippen LogP contribution in [-0.4, -0.2) is 11.2 Å². The molecule has 2 atom stereocenters. The first kappa shape index (κ1) is 20.0. The third-order valence-corrected chi connectivity index (χ3v) is 4.29. The van der Waals surface area contributed by atoms with E-state index in [1.807, 2.05) is 6.92 Å². The number of hydrogen-bond acceptors (Lipinski definition) is 1. The van der Waals surface area contributed by atoms with E-state index >= 15 is 0 Å². The van der Waals surface area contributed by atoms with Crippen molar-refractivity contribution in [2.24, 2.45) is 5.92 Å². The topological polar surface area (TPSA) is 20.2 Å². The van der Waals surface area contributed by atoms with Gasteiger partial charge in [-0.2, -0.15) is 0 Å². The van der Waals surface area contributed by atoms with Crippen LogP contribution >= 0.6 is 0 Å². The molecule has 0 aliphatic heterocycles. The van der Waals surface area contributed by atoms with Gasteiger partial charge in [0.25, 0.3) is 0 Å². The zero-order valence-corrected chi connectivity index (χ0v) is 14.4. The highest BCUT2D eigenvalue weighted by molar-refractivity contribution is 4.80. The van der Waals surface area contributed by atoms with E-state index in [9.17, 15) is 5.11 Å². The minimum atomic E-state index is -0.166. The molecule has 0 spiro atoms. The summed E-state index contributed by atoms with van der Waals surface area (Å²) in [5.41, 5.74) is 0. The van der Waals surface area contributed by atoms with Crippen LogP contribution in [0.5, 0.6) is 0 Å². The standard InChI is InChI=1S/C19H39O/c1-4-6-8-10-11-12-13-15-17-19(18(3)20)16-14-9-7-5-2/h17-20H,4-16H2,1-3H3/t18-,19?/m0/s1. The monoisotopic (exact) mass is 283 g/mol. The lowest BCUT2D eigenvalue weighted by Gasteiger charge is -2.19. The highest BCUT2D eigenvalue weighted by Crippen LogP contribution is 2.21. The van der Waals surface area contributed by atoms with Gasteiger partial charge in [0.15, 0.2) is 0 Å². The maximum atomic E-state index is 9.84. The summed E-state index contributed by atoms with van der Waals surface area (Å²) in [6.07, 6.45) is 19.4. The Balaban J connectivity index is 3.46. The molecule has 0 aliphatic rings. The van der Waals surface area contributed by atoms with Gasteiger partial charge < -0.3 is 5.11 Å². The summed E-state index contributed by atoms with van der Waals surface area (Å²) in [4.78, 5) is 0. The molecule has 1 radical (unpaired) electrons. The van der Waals surface area contributed by atoms with Crippen LogP contribution in [0.15, 0.2) is 0 Å². The summed E-state index contributed by atoms with van der Waals surface area (Å²) in [6.45, 7) is 6.47. The molecule has 0 aliphatic carbocycles. The lowest BCUT2D eigenvalue weighted by molar-refractivity contribution is 0.132. The Morgan fingerprint density at radius 3 is 1.80 bits per heavy atom.